The molecule has 0 spiro atoms. The Balaban J connectivity index is 2.76. The SMILES string of the molecule is Nc1nc2ncnn2cc1C(=O)O. The van der Waals surface area contributed by atoms with Crippen LogP contribution >= 0.6 is 0 Å². The molecule has 0 aliphatic carbocycles. The number of nitrogen functional groups attached to an aromatic ring is 1. The smallest absolute Gasteiger partial charge is 0.341 e. The van der Waals surface area contributed by atoms with Gasteiger partial charge in [-0.25, -0.2) is 9.31 Å². The summed E-state index contributed by atoms with van der Waals surface area (Å²) in [5.74, 6) is -0.919. The van der Waals surface area contributed by atoms with E-state index in [0.29, 0.717) is 0 Å². The predicted molar refractivity (Wildman–Crippen MR) is 42.2 cm³/mol. The quantitative estimate of drug-likeness (QED) is 0.605. The van der Waals surface area contributed by atoms with Crippen LogP contribution in [0, 0.1) is 0 Å². The fourth-order valence-corrected chi connectivity index (χ4v) is 0.936. The van der Waals surface area contributed by atoms with Crippen LogP contribution in [-0.4, -0.2) is 30.7 Å². The van der Waals surface area contributed by atoms with E-state index in [-0.39, 0.29) is 17.2 Å². The maximum atomic E-state index is 10.6. The third-order valence-electron chi connectivity index (χ3n) is 1.53. The van der Waals surface area contributed by atoms with Crippen molar-refractivity contribution in [2.45, 2.75) is 0 Å². The number of aromatic nitrogens is 4. The molecule has 0 aliphatic heterocycles. The first kappa shape index (κ1) is 7.47. The van der Waals surface area contributed by atoms with Crippen LogP contribution in [0.3, 0.4) is 0 Å². The van der Waals surface area contributed by atoms with Gasteiger partial charge in [0.25, 0.3) is 5.78 Å². The highest BCUT2D eigenvalue weighted by Crippen LogP contribution is 2.08. The molecule has 0 unspecified atom stereocenters. The predicted octanol–water partition coefficient (Wildman–Crippen LogP) is -0.595. The number of rotatable bonds is 1. The molecule has 0 fully saturated rings. The van der Waals surface area contributed by atoms with E-state index in [1.807, 2.05) is 0 Å². The van der Waals surface area contributed by atoms with E-state index in [4.69, 9.17) is 10.8 Å². The number of fused-ring (bicyclic) bond motifs is 1. The van der Waals surface area contributed by atoms with Gasteiger partial charge < -0.3 is 10.8 Å². The average molecular weight is 179 g/mol. The van der Waals surface area contributed by atoms with E-state index in [1.54, 1.807) is 0 Å². The molecule has 0 amide bonds. The van der Waals surface area contributed by atoms with Crippen molar-refractivity contribution in [2.75, 3.05) is 5.73 Å². The highest BCUT2D eigenvalue weighted by molar-refractivity contribution is 5.92. The molecular formula is C6H5N5O2. The van der Waals surface area contributed by atoms with Gasteiger partial charge in [-0.05, 0) is 0 Å². The molecule has 7 heteroatoms. The summed E-state index contributed by atoms with van der Waals surface area (Å²) in [6.07, 6.45) is 2.54. The second-order valence-corrected chi connectivity index (χ2v) is 2.35. The minimum Gasteiger partial charge on any atom is -0.477 e. The Hall–Kier alpha value is -2.18. The minimum atomic E-state index is -1.14. The number of nitrogens with zero attached hydrogens (tertiary/aromatic N) is 4. The van der Waals surface area contributed by atoms with E-state index in [2.05, 4.69) is 15.1 Å². The van der Waals surface area contributed by atoms with Crippen LogP contribution in [0.25, 0.3) is 5.78 Å². The van der Waals surface area contributed by atoms with E-state index in [9.17, 15) is 4.79 Å². The zero-order chi connectivity index (χ0) is 9.42. The van der Waals surface area contributed by atoms with Gasteiger partial charge >= 0.3 is 5.97 Å². The Bertz CT molecular complexity index is 477. The van der Waals surface area contributed by atoms with Gasteiger partial charge in [-0.2, -0.15) is 15.1 Å². The van der Waals surface area contributed by atoms with Gasteiger partial charge in [0.2, 0.25) is 0 Å². The number of carboxylic acid groups (broad SMARTS) is 1. The van der Waals surface area contributed by atoms with E-state index in [0.717, 1.165) is 0 Å². The molecule has 13 heavy (non-hydrogen) atoms. The van der Waals surface area contributed by atoms with Gasteiger partial charge in [0, 0.05) is 0 Å². The molecule has 2 aromatic heterocycles. The van der Waals surface area contributed by atoms with Gasteiger partial charge in [-0.15, -0.1) is 0 Å². The number of aromatic carboxylic acids is 1. The maximum absolute atomic E-state index is 10.6. The van der Waals surface area contributed by atoms with Crippen LogP contribution in [0.4, 0.5) is 5.82 Å². The lowest BCUT2D eigenvalue weighted by Gasteiger charge is -1.98. The Labute approximate surface area is 71.8 Å². The van der Waals surface area contributed by atoms with Gasteiger partial charge in [0.05, 0.1) is 6.20 Å². The van der Waals surface area contributed by atoms with Crippen LogP contribution in [0.15, 0.2) is 12.5 Å². The number of anilines is 1. The lowest BCUT2D eigenvalue weighted by Crippen LogP contribution is -2.07. The largest absolute Gasteiger partial charge is 0.477 e. The van der Waals surface area contributed by atoms with Crippen molar-refractivity contribution in [3.8, 4) is 0 Å². The Morgan fingerprint density at radius 1 is 1.62 bits per heavy atom. The lowest BCUT2D eigenvalue weighted by molar-refractivity contribution is 0.0697. The van der Waals surface area contributed by atoms with Gasteiger partial charge in [-0.3, -0.25) is 0 Å². The summed E-state index contributed by atoms with van der Waals surface area (Å²) in [7, 11) is 0. The molecule has 0 radical (unpaired) electrons. The zero-order valence-corrected chi connectivity index (χ0v) is 6.38. The molecule has 66 valence electrons. The van der Waals surface area contributed by atoms with Crippen molar-refractivity contribution in [3.63, 3.8) is 0 Å². The van der Waals surface area contributed by atoms with Gasteiger partial charge in [0.15, 0.2) is 0 Å². The third kappa shape index (κ3) is 1.06. The summed E-state index contributed by atoms with van der Waals surface area (Å²) in [6.45, 7) is 0. The highest BCUT2D eigenvalue weighted by atomic mass is 16.4. The first-order chi connectivity index (χ1) is 6.18. The highest BCUT2D eigenvalue weighted by Gasteiger charge is 2.11. The van der Waals surface area contributed by atoms with E-state index in [1.165, 1.54) is 17.0 Å². The summed E-state index contributed by atoms with van der Waals surface area (Å²) < 4.78 is 1.25. The van der Waals surface area contributed by atoms with Crippen LogP contribution < -0.4 is 5.73 Å². The van der Waals surface area contributed by atoms with Crippen molar-refractivity contribution < 1.29 is 9.90 Å². The minimum absolute atomic E-state index is 0.0620. The summed E-state index contributed by atoms with van der Waals surface area (Å²) in [5, 5.41) is 12.4. The number of carbonyl (C=O) groups is 1. The zero-order valence-electron chi connectivity index (χ0n) is 6.38. The van der Waals surface area contributed by atoms with Crippen molar-refractivity contribution in [1.29, 1.82) is 0 Å². The topological polar surface area (TPSA) is 106 Å². The number of carboxylic acids is 1. The van der Waals surface area contributed by atoms with Crippen molar-refractivity contribution in [1.82, 2.24) is 19.6 Å². The average Bonchev–Trinajstić information content (AvgIpc) is 2.48. The van der Waals surface area contributed by atoms with Crippen LogP contribution in [0.1, 0.15) is 10.4 Å². The second kappa shape index (κ2) is 2.41. The van der Waals surface area contributed by atoms with Crippen LogP contribution in [0.2, 0.25) is 0 Å². The second-order valence-electron chi connectivity index (χ2n) is 2.35. The van der Waals surface area contributed by atoms with Crippen molar-refractivity contribution in [3.05, 3.63) is 18.1 Å². The number of nitrogens with two attached hydrogens (primary N) is 1. The molecule has 0 aromatic carbocycles. The molecular weight excluding hydrogens is 174 g/mol. The Kier molecular flexibility index (Phi) is 1.38. The Morgan fingerprint density at radius 3 is 3.08 bits per heavy atom. The summed E-state index contributed by atoms with van der Waals surface area (Å²) in [4.78, 5) is 18.1. The number of hydrogen-bond donors (Lipinski definition) is 2. The summed E-state index contributed by atoms with van der Waals surface area (Å²) >= 11 is 0. The monoisotopic (exact) mass is 179 g/mol. The van der Waals surface area contributed by atoms with Crippen LogP contribution in [-0.2, 0) is 0 Å². The van der Waals surface area contributed by atoms with Gasteiger partial charge in [-0.1, -0.05) is 0 Å². The molecule has 2 rings (SSSR count). The summed E-state index contributed by atoms with van der Waals surface area (Å²) in [6, 6.07) is 0. The molecule has 3 N–H and O–H groups in total. The molecule has 0 atom stereocenters. The third-order valence-corrected chi connectivity index (χ3v) is 1.53. The molecule has 0 bridgehead atoms. The maximum Gasteiger partial charge on any atom is 0.341 e. The van der Waals surface area contributed by atoms with Gasteiger partial charge in [0.1, 0.15) is 17.7 Å². The molecule has 0 saturated heterocycles. The Morgan fingerprint density at radius 2 is 2.38 bits per heavy atom. The molecule has 2 aromatic rings. The van der Waals surface area contributed by atoms with Crippen molar-refractivity contribution >= 4 is 17.6 Å². The summed E-state index contributed by atoms with van der Waals surface area (Å²) in [5.41, 5.74) is 5.29. The van der Waals surface area contributed by atoms with Crippen molar-refractivity contribution in [2.24, 2.45) is 0 Å². The van der Waals surface area contributed by atoms with Crippen LogP contribution in [0.5, 0.6) is 0 Å². The first-order valence-electron chi connectivity index (χ1n) is 3.37. The fourth-order valence-electron chi connectivity index (χ4n) is 0.936. The number of hydrogen-bond acceptors (Lipinski definition) is 5. The van der Waals surface area contributed by atoms with E-state index < -0.39 is 5.97 Å². The molecule has 7 nitrogen and oxygen atoms in total. The van der Waals surface area contributed by atoms with E-state index >= 15 is 0 Å². The molecule has 2 heterocycles. The lowest BCUT2D eigenvalue weighted by atomic mass is 10.3. The normalized spacial score (nSPS) is 10.5. The standard InChI is InChI=1S/C6H5N5O2/c7-4-3(5(12)13)1-11-6(10-4)8-2-9-11/h1-2H,(H,12,13)(H2,7,8,9,10). The first-order valence-corrected chi connectivity index (χ1v) is 3.37. The molecule has 0 saturated carbocycles. The fraction of sp³-hybridized carbons (Fsp3) is 0. The molecule has 0 aliphatic rings.